The van der Waals surface area contributed by atoms with Crippen LogP contribution < -0.4 is 5.56 Å². The number of nitrogens with zero attached hydrogens (tertiary/aromatic N) is 4. The monoisotopic (exact) mass is 398 g/mol. The molecule has 0 unspecified atom stereocenters. The molecule has 2 aliphatic heterocycles. The van der Waals surface area contributed by atoms with Gasteiger partial charge in [-0.25, -0.2) is 4.68 Å². The lowest BCUT2D eigenvalue weighted by Gasteiger charge is -2.38. The highest BCUT2D eigenvalue weighted by molar-refractivity contribution is 5.83. The number of rotatable bonds is 4. The first-order chi connectivity index (χ1) is 13.9. The Hall–Kier alpha value is -2.25. The molecule has 2 aromatic rings. The number of carbonyl (C=O) groups is 1. The van der Waals surface area contributed by atoms with Crippen LogP contribution >= 0.6 is 0 Å². The van der Waals surface area contributed by atoms with E-state index in [0.29, 0.717) is 5.39 Å². The molecule has 2 fully saturated rings. The van der Waals surface area contributed by atoms with E-state index in [1.807, 2.05) is 30.0 Å². The van der Waals surface area contributed by atoms with Gasteiger partial charge in [0.25, 0.3) is 5.56 Å². The molecule has 29 heavy (non-hydrogen) atoms. The zero-order valence-corrected chi connectivity index (χ0v) is 17.5. The molecule has 7 nitrogen and oxygen atoms in total. The molecule has 1 amide bonds. The Morgan fingerprint density at radius 2 is 1.86 bits per heavy atom. The topological polar surface area (TPSA) is 67.7 Å². The van der Waals surface area contributed by atoms with Crippen LogP contribution in [-0.2, 0) is 16.1 Å². The third-order valence-corrected chi connectivity index (χ3v) is 6.00. The molecule has 156 valence electrons. The number of hydrogen-bond donors (Lipinski definition) is 0. The van der Waals surface area contributed by atoms with Crippen molar-refractivity contribution in [3.05, 3.63) is 40.3 Å². The minimum atomic E-state index is -0.203. The van der Waals surface area contributed by atoms with Crippen molar-refractivity contribution >= 4 is 16.7 Å². The van der Waals surface area contributed by atoms with Crippen LogP contribution in [0.5, 0.6) is 0 Å². The molecule has 0 radical (unpaired) electrons. The zero-order chi connectivity index (χ0) is 20.5. The molecule has 0 N–H and O–H groups in total. The van der Waals surface area contributed by atoms with Crippen molar-refractivity contribution in [3.8, 4) is 0 Å². The molecule has 1 aromatic carbocycles. The van der Waals surface area contributed by atoms with Crippen LogP contribution in [-0.4, -0.2) is 69.9 Å². The summed E-state index contributed by atoms with van der Waals surface area (Å²) in [7, 11) is 0. The van der Waals surface area contributed by atoms with Gasteiger partial charge in [0, 0.05) is 37.6 Å². The summed E-state index contributed by atoms with van der Waals surface area (Å²) in [5, 5.41) is 5.86. The molecule has 7 heteroatoms. The number of amides is 1. The first kappa shape index (κ1) is 20.0. The smallest absolute Gasteiger partial charge is 0.275 e. The number of hydrogen-bond acceptors (Lipinski definition) is 5. The van der Waals surface area contributed by atoms with E-state index in [-0.39, 0.29) is 36.3 Å². The van der Waals surface area contributed by atoms with E-state index in [1.54, 1.807) is 6.07 Å². The number of ether oxygens (including phenoxy) is 1. The van der Waals surface area contributed by atoms with Gasteiger partial charge >= 0.3 is 0 Å². The van der Waals surface area contributed by atoms with Gasteiger partial charge in [-0.05, 0) is 39.7 Å². The van der Waals surface area contributed by atoms with Gasteiger partial charge in [-0.15, -0.1) is 0 Å². The van der Waals surface area contributed by atoms with E-state index < -0.39 is 0 Å². The Bertz CT molecular complexity index is 947. The van der Waals surface area contributed by atoms with E-state index in [0.717, 1.165) is 50.1 Å². The molecule has 2 saturated heterocycles. The first-order valence-electron chi connectivity index (χ1n) is 10.6. The number of aromatic nitrogens is 2. The number of morpholine rings is 1. The summed E-state index contributed by atoms with van der Waals surface area (Å²) in [5.41, 5.74) is 0.563. The molecule has 0 aliphatic carbocycles. The standard InChI is InChI=1S/C22H30N4O3/c1-15-11-24(12-16(2)29-15)13-18-7-6-10-25(18)21(27)14-26-22(28)20-9-5-4-8-19(20)17(3)23-26/h4-5,8-9,15-16,18H,6-7,10-14H2,1-3H3/t15-,16-,18-/m1/s1. The van der Waals surface area contributed by atoms with Crippen LogP contribution in [0.2, 0.25) is 0 Å². The Kier molecular flexibility index (Phi) is 5.69. The maximum absolute atomic E-state index is 13.1. The van der Waals surface area contributed by atoms with Crippen molar-refractivity contribution in [1.29, 1.82) is 0 Å². The minimum absolute atomic E-state index is 0.00305. The van der Waals surface area contributed by atoms with Crippen molar-refractivity contribution < 1.29 is 9.53 Å². The average Bonchev–Trinajstić information content (AvgIpc) is 3.13. The van der Waals surface area contributed by atoms with E-state index >= 15 is 0 Å². The molecule has 3 atom stereocenters. The molecule has 4 rings (SSSR count). The highest BCUT2D eigenvalue weighted by atomic mass is 16.5. The fraction of sp³-hybridized carbons (Fsp3) is 0.591. The molecule has 0 saturated carbocycles. The lowest BCUT2D eigenvalue weighted by atomic mass is 10.1. The number of likely N-dealkylation sites (tertiary alicyclic amines) is 1. The van der Waals surface area contributed by atoms with Crippen molar-refractivity contribution in [2.75, 3.05) is 26.2 Å². The second kappa shape index (κ2) is 8.24. The summed E-state index contributed by atoms with van der Waals surface area (Å²) in [6, 6.07) is 7.63. The molecular weight excluding hydrogens is 368 g/mol. The Morgan fingerprint density at radius 1 is 1.17 bits per heavy atom. The van der Waals surface area contributed by atoms with Crippen LogP contribution in [0.15, 0.2) is 29.1 Å². The van der Waals surface area contributed by atoms with Gasteiger partial charge in [0.2, 0.25) is 5.91 Å². The Morgan fingerprint density at radius 3 is 2.59 bits per heavy atom. The number of benzene rings is 1. The maximum Gasteiger partial charge on any atom is 0.275 e. The fourth-order valence-electron chi connectivity index (χ4n) is 4.82. The zero-order valence-electron chi connectivity index (χ0n) is 17.5. The average molecular weight is 399 g/mol. The van der Waals surface area contributed by atoms with Gasteiger partial charge in [0.1, 0.15) is 6.54 Å². The quantitative estimate of drug-likeness (QED) is 0.786. The third kappa shape index (κ3) is 4.21. The SMILES string of the molecule is Cc1nn(CC(=O)N2CCC[C@@H]2CN2C[C@@H](C)O[C@H](C)C2)c(=O)c2ccccc12. The second-order valence-corrected chi connectivity index (χ2v) is 8.45. The van der Waals surface area contributed by atoms with Crippen molar-refractivity contribution in [1.82, 2.24) is 19.6 Å². The van der Waals surface area contributed by atoms with E-state index in [9.17, 15) is 9.59 Å². The predicted octanol–water partition coefficient (Wildman–Crippen LogP) is 1.81. The van der Waals surface area contributed by atoms with Gasteiger partial charge in [-0.3, -0.25) is 14.5 Å². The van der Waals surface area contributed by atoms with E-state index in [4.69, 9.17) is 4.74 Å². The third-order valence-electron chi connectivity index (χ3n) is 6.00. The predicted molar refractivity (Wildman–Crippen MR) is 112 cm³/mol. The number of fused-ring (bicyclic) bond motifs is 1. The molecule has 2 aliphatic rings. The van der Waals surface area contributed by atoms with Crippen molar-refractivity contribution in [2.24, 2.45) is 0 Å². The van der Waals surface area contributed by atoms with Gasteiger partial charge in [0.05, 0.1) is 23.3 Å². The van der Waals surface area contributed by atoms with Crippen LogP contribution in [0, 0.1) is 6.92 Å². The van der Waals surface area contributed by atoms with Crippen molar-refractivity contribution in [3.63, 3.8) is 0 Å². The summed E-state index contributed by atoms with van der Waals surface area (Å²) >= 11 is 0. The van der Waals surface area contributed by atoms with Crippen molar-refractivity contribution in [2.45, 2.75) is 58.4 Å². The first-order valence-corrected chi connectivity index (χ1v) is 10.6. The Balaban J connectivity index is 1.48. The summed E-state index contributed by atoms with van der Waals surface area (Å²) in [4.78, 5) is 30.2. The Labute approximate surface area is 171 Å². The minimum Gasteiger partial charge on any atom is -0.373 e. The summed E-state index contributed by atoms with van der Waals surface area (Å²) in [6.07, 6.45) is 2.44. The highest BCUT2D eigenvalue weighted by Crippen LogP contribution is 2.21. The maximum atomic E-state index is 13.1. The van der Waals surface area contributed by atoms with Gasteiger partial charge in [0.15, 0.2) is 0 Å². The molecule has 3 heterocycles. The highest BCUT2D eigenvalue weighted by Gasteiger charge is 2.32. The molecule has 1 aromatic heterocycles. The number of aryl methyl sites for hydroxylation is 1. The second-order valence-electron chi connectivity index (χ2n) is 8.45. The number of carbonyl (C=O) groups excluding carboxylic acids is 1. The normalized spacial score (nSPS) is 25.6. The lowest BCUT2D eigenvalue weighted by Crippen LogP contribution is -2.51. The van der Waals surface area contributed by atoms with Gasteiger partial charge in [-0.2, -0.15) is 5.10 Å². The van der Waals surface area contributed by atoms with Gasteiger partial charge in [-0.1, -0.05) is 18.2 Å². The van der Waals surface area contributed by atoms with Crippen LogP contribution in [0.25, 0.3) is 10.8 Å². The lowest BCUT2D eigenvalue weighted by molar-refractivity contribution is -0.133. The molecular formula is C22H30N4O3. The molecule has 0 bridgehead atoms. The van der Waals surface area contributed by atoms with Gasteiger partial charge < -0.3 is 9.64 Å². The molecule has 0 spiro atoms. The summed E-state index contributed by atoms with van der Waals surface area (Å²) in [5.74, 6) is -0.0221. The van der Waals surface area contributed by atoms with E-state index in [2.05, 4.69) is 23.8 Å². The largest absolute Gasteiger partial charge is 0.373 e. The summed E-state index contributed by atoms with van der Waals surface area (Å²) in [6.45, 7) is 9.48. The van der Waals surface area contributed by atoms with Crippen LogP contribution in [0.1, 0.15) is 32.4 Å². The van der Waals surface area contributed by atoms with E-state index in [1.165, 1.54) is 4.68 Å². The van der Waals surface area contributed by atoms with Crippen LogP contribution in [0.3, 0.4) is 0 Å². The fourth-order valence-corrected chi connectivity index (χ4v) is 4.82. The summed E-state index contributed by atoms with van der Waals surface area (Å²) < 4.78 is 7.15. The van der Waals surface area contributed by atoms with Crippen LogP contribution in [0.4, 0.5) is 0 Å².